The highest BCUT2D eigenvalue weighted by atomic mass is 79.9. The molecule has 1 heterocycles. The highest BCUT2D eigenvalue weighted by molar-refractivity contribution is 9.10. The van der Waals surface area contributed by atoms with E-state index in [-0.39, 0.29) is 14.5 Å². The van der Waals surface area contributed by atoms with Crippen LogP contribution in [0.25, 0.3) is 0 Å². The number of hydrogen-bond acceptors (Lipinski definition) is 4. The van der Waals surface area contributed by atoms with E-state index in [0.29, 0.717) is 0 Å². The predicted molar refractivity (Wildman–Crippen MR) is 67.0 cm³/mol. The van der Waals surface area contributed by atoms with Gasteiger partial charge < -0.3 is 0 Å². The second-order valence-electron chi connectivity index (χ2n) is 3.02. The van der Waals surface area contributed by atoms with Crippen LogP contribution in [0.1, 0.15) is 0 Å². The van der Waals surface area contributed by atoms with Crippen LogP contribution >= 0.6 is 27.3 Å². The fraction of sp³-hybridized carbons (Fsp3) is 0. The Morgan fingerprint density at radius 1 is 1.41 bits per heavy atom. The van der Waals surface area contributed by atoms with Gasteiger partial charge in [-0.1, -0.05) is 0 Å². The maximum Gasteiger partial charge on any atom is 0.263 e. The lowest BCUT2D eigenvalue weighted by atomic mass is 10.3. The van der Waals surface area contributed by atoms with Crippen LogP contribution in [0.3, 0.4) is 0 Å². The monoisotopic (exact) mass is 336 g/mol. The first kappa shape index (κ1) is 12.5. The SMILES string of the molecule is O=S(=O)(Nc1nccs1)c1ccc(Br)c(F)c1. The lowest BCUT2D eigenvalue weighted by Gasteiger charge is -2.05. The molecule has 0 spiro atoms. The van der Waals surface area contributed by atoms with Crippen LogP contribution in [0.2, 0.25) is 0 Å². The molecule has 90 valence electrons. The Hall–Kier alpha value is -0.990. The molecule has 0 saturated carbocycles. The van der Waals surface area contributed by atoms with Gasteiger partial charge in [0.25, 0.3) is 10.0 Å². The molecule has 8 heteroatoms. The van der Waals surface area contributed by atoms with Crippen molar-refractivity contribution in [1.82, 2.24) is 4.98 Å². The van der Waals surface area contributed by atoms with Gasteiger partial charge in [0.2, 0.25) is 0 Å². The summed E-state index contributed by atoms with van der Waals surface area (Å²) in [7, 11) is -3.79. The van der Waals surface area contributed by atoms with E-state index in [0.717, 1.165) is 17.4 Å². The van der Waals surface area contributed by atoms with E-state index in [1.54, 1.807) is 5.38 Å². The molecule has 4 nitrogen and oxygen atoms in total. The van der Waals surface area contributed by atoms with Crippen molar-refractivity contribution in [3.05, 3.63) is 40.1 Å². The summed E-state index contributed by atoms with van der Waals surface area (Å²) in [6, 6.07) is 3.59. The molecule has 17 heavy (non-hydrogen) atoms. The molecule has 2 rings (SSSR count). The summed E-state index contributed by atoms with van der Waals surface area (Å²) in [5.74, 6) is -0.632. The maximum atomic E-state index is 13.2. The number of anilines is 1. The van der Waals surface area contributed by atoms with E-state index in [1.807, 2.05) is 0 Å². The third kappa shape index (κ3) is 2.82. The quantitative estimate of drug-likeness (QED) is 0.937. The Morgan fingerprint density at radius 3 is 2.76 bits per heavy atom. The first-order valence-electron chi connectivity index (χ1n) is 4.36. The topological polar surface area (TPSA) is 59.1 Å². The van der Waals surface area contributed by atoms with Crippen LogP contribution in [0.5, 0.6) is 0 Å². The van der Waals surface area contributed by atoms with Crippen LogP contribution in [-0.2, 0) is 10.0 Å². The van der Waals surface area contributed by atoms with Crippen molar-refractivity contribution in [3.8, 4) is 0 Å². The molecule has 1 aromatic heterocycles. The van der Waals surface area contributed by atoms with Gasteiger partial charge in [-0.05, 0) is 34.1 Å². The minimum atomic E-state index is -3.79. The fourth-order valence-corrected chi connectivity index (χ4v) is 3.14. The normalized spacial score (nSPS) is 11.4. The molecule has 0 unspecified atom stereocenters. The molecule has 0 saturated heterocycles. The first-order chi connectivity index (χ1) is 7.99. The highest BCUT2D eigenvalue weighted by Gasteiger charge is 2.16. The molecule has 0 fully saturated rings. The molecule has 0 bridgehead atoms. The molecule has 0 aliphatic rings. The zero-order valence-electron chi connectivity index (χ0n) is 8.22. The summed E-state index contributed by atoms with van der Waals surface area (Å²) in [6.07, 6.45) is 1.48. The zero-order chi connectivity index (χ0) is 12.5. The van der Waals surface area contributed by atoms with E-state index >= 15 is 0 Å². The van der Waals surface area contributed by atoms with Gasteiger partial charge in [-0.25, -0.2) is 17.8 Å². The third-order valence-corrected chi connectivity index (χ3v) is 4.65. The van der Waals surface area contributed by atoms with Crippen LogP contribution in [0.4, 0.5) is 9.52 Å². The lowest BCUT2D eigenvalue weighted by molar-refractivity contribution is 0.593. The average Bonchev–Trinajstić information content (AvgIpc) is 2.73. The van der Waals surface area contributed by atoms with Gasteiger partial charge in [0.15, 0.2) is 5.13 Å². The molecule has 1 aromatic carbocycles. The summed E-state index contributed by atoms with van der Waals surface area (Å²) in [5, 5.41) is 1.88. The van der Waals surface area contributed by atoms with Crippen molar-refractivity contribution in [2.24, 2.45) is 0 Å². The van der Waals surface area contributed by atoms with Gasteiger partial charge in [0.1, 0.15) is 5.82 Å². The number of sulfonamides is 1. The summed E-state index contributed by atoms with van der Waals surface area (Å²) >= 11 is 4.10. The third-order valence-electron chi connectivity index (χ3n) is 1.86. The maximum absolute atomic E-state index is 13.2. The molecule has 0 aliphatic carbocycles. The Bertz CT molecular complexity index is 628. The largest absolute Gasteiger partial charge is 0.263 e. The Morgan fingerprint density at radius 2 is 2.18 bits per heavy atom. The number of nitrogens with zero attached hydrogens (tertiary/aromatic N) is 1. The Balaban J connectivity index is 2.35. The summed E-state index contributed by atoms with van der Waals surface area (Å²) in [5.41, 5.74) is 0. The van der Waals surface area contributed by atoms with Gasteiger partial charge >= 0.3 is 0 Å². The first-order valence-corrected chi connectivity index (χ1v) is 7.52. The summed E-state index contributed by atoms with van der Waals surface area (Å²) < 4.78 is 39.4. The van der Waals surface area contributed by atoms with E-state index in [9.17, 15) is 12.8 Å². The molecular formula is C9H6BrFN2O2S2. The van der Waals surface area contributed by atoms with Gasteiger partial charge in [0.05, 0.1) is 9.37 Å². The van der Waals surface area contributed by atoms with Crippen molar-refractivity contribution in [2.45, 2.75) is 4.90 Å². The molecule has 0 aliphatic heterocycles. The fourth-order valence-electron chi connectivity index (χ4n) is 1.09. The minimum absolute atomic E-state index is 0.145. The van der Waals surface area contributed by atoms with E-state index in [1.165, 1.54) is 18.3 Å². The number of nitrogens with one attached hydrogen (secondary N) is 1. The van der Waals surface area contributed by atoms with Crippen molar-refractivity contribution in [3.63, 3.8) is 0 Å². The number of rotatable bonds is 3. The lowest BCUT2D eigenvalue weighted by Crippen LogP contribution is -2.12. The molecule has 2 aromatic rings. The molecule has 0 radical (unpaired) electrons. The van der Waals surface area contributed by atoms with Crippen molar-refractivity contribution >= 4 is 42.4 Å². The van der Waals surface area contributed by atoms with E-state index < -0.39 is 15.8 Å². The smallest absolute Gasteiger partial charge is 0.255 e. The molecule has 0 amide bonds. The Labute approximate surface area is 110 Å². The second-order valence-corrected chi connectivity index (χ2v) is 6.45. The Kier molecular flexibility index (Phi) is 3.45. The van der Waals surface area contributed by atoms with E-state index in [4.69, 9.17) is 0 Å². The van der Waals surface area contributed by atoms with Crippen LogP contribution in [0, 0.1) is 5.82 Å². The number of benzene rings is 1. The standard InChI is InChI=1S/C9H6BrFN2O2S2/c10-7-2-1-6(5-8(7)11)17(14,15)13-9-12-3-4-16-9/h1-5H,(H,12,13). The highest BCUT2D eigenvalue weighted by Crippen LogP contribution is 2.22. The van der Waals surface area contributed by atoms with Crippen LogP contribution < -0.4 is 4.72 Å². The van der Waals surface area contributed by atoms with Gasteiger partial charge in [-0.15, -0.1) is 11.3 Å². The number of thiazole rings is 1. The molecule has 1 N–H and O–H groups in total. The van der Waals surface area contributed by atoms with Gasteiger partial charge in [-0.2, -0.15) is 0 Å². The predicted octanol–water partition coefficient (Wildman–Crippen LogP) is 2.85. The minimum Gasteiger partial charge on any atom is -0.255 e. The van der Waals surface area contributed by atoms with Gasteiger partial charge in [-0.3, -0.25) is 4.72 Å². The molecule has 0 atom stereocenters. The second kappa shape index (κ2) is 4.71. The van der Waals surface area contributed by atoms with Crippen molar-refractivity contribution in [2.75, 3.05) is 4.72 Å². The number of hydrogen-bond donors (Lipinski definition) is 1. The average molecular weight is 337 g/mol. The van der Waals surface area contributed by atoms with E-state index in [2.05, 4.69) is 25.6 Å². The van der Waals surface area contributed by atoms with Crippen LogP contribution in [-0.4, -0.2) is 13.4 Å². The van der Waals surface area contributed by atoms with Crippen molar-refractivity contribution in [1.29, 1.82) is 0 Å². The zero-order valence-corrected chi connectivity index (χ0v) is 11.4. The summed E-state index contributed by atoms with van der Waals surface area (Å²) in [4.78, 5) is 3.65. The molecular weight excluding hydrogens is 331 g/mol. The van der Waals surface area contributed by atoms with Gasteiger partial charge in [0, 0.05) is 11.6 Å². The number of halogens is 2. The van der Waals surface area contributed by atoms with Crippen LogP contribution in [0.15, 0.2) is 39.1 Å². The van der Waals surface area contributed by atoms with Crippen molar-refractivity contribution < 1.29 is 12.8 Å². The number of aromatic nitrogens is 1. The summed E-state index contributed by atoms with van der Waals surface area (Å²) in [6.45, 7) is 0.